The topological polar surface area (TPSA) is 84.3 Å². The Kier molecular flexibility index (Phi) is 4.51. The molecule has 1 aliphatic rings. The lowest BCUT2D eigenvalue weighted by Crippen LogP contribution is -2.35. The number of thiazole rings is 1. The lowest BCUT2D eigenvalue weighted by atomic mass is 10.2. The van der Waals surface area contributed by atoms with E-state index < -0.39 is 0 Å². The van der Waals surface area contributed by atoms with Crippen LogP contribution in [0.1, 0.15) is 6.42 Å². The van der Waals surface area contributed by atoms with Gasteiger partial charge in [-0.05, 0) is 30.7 Å². The molecule has 0 aliphatic carbocycles. The Labute approximate surface area is 148 Å². The molecule has 0 unspecified atom stereocenters. The molecule has 0 atom stereocenters. The molecule has 0 amide bonds. The second-order valence-corrected chi connectivity index (χ2v) is 6.18. The first-order valence-electron chi connectivity index (χ1n) is 7.92. The van der Waals surface area contributed by atoms with Gasteiger partial charge in [-0.25, -0.2) is 9.97 Å². The normalized spacial score (nSPS) is 13.7. The molecular weight excluding hydrogens is 336 g/mol. The zero-order valence-electron chi connectivity index (χ0n) is 13.3. The molecule has 4 heterocycles. The molecule has 8 heteroatoms. The van der Waals surface area contributed by atoms with Crippen molar-refractivity contribution >= 4 is 22.4 Å². The minimum Gasteiger partial charge on any atom is -0.437 e. The first-order valence-corrected chi connectivity index (χ1v) is 8.80. The van der Waals surface area contributed by atoms with Crippen LogP contribution in [0.4, 0.5) is 5.13 Å². The fourth-order valence-corrected chi connectivity index (χ4v) is 3.07. The van der Waals surface area contributed by atoms with E-state index in [1.165, 1.54) is 11.3 Å². The lowest BCUT2D eigenvalue weighted by Gasteiger charge is -2.14. The zero-order chi connectivity index (χ0) is 16.9. The molecule has 0 saturated carbocycles. The van der Waals surface area contributed by atoms with E-state index in [0.717, 1.165) is 41.9 Å². The van der Waals surface area contributed by atoms with Crippen molar-refractivity contribution in [1.29, 1.82) is 0 Å². The molecule has 0 saturated heterocycles. The summed E-state index contributed by atoms with van der Waals surface area (Å²) in [5.41, 5.74) is 1.63. The van der Waals surface area contributed by atoms with Crippen molar-refractivity contribution in [3.63, 3.8) is 0 Å². The molecule has 0 bridgehead atoms. The molecule has 126 valence electrons. The van der Waals surface area contributed by atoms with Crippen molar-refractivity contribution in [2.75, 3.05) is 18.4 Å². The summed E-state index contributed by atoms with van der Waals surface area (Å²) in [6, 6.07) is 7.46. The van der Waals surface area contributed by atoms with Crippen LogP contribution in [0.15, 0.2) is 53.2 Å². The van der Waals surface area contributed by atoms with Crippen LogP contribution in [0, 0.1) is 0 Å². The zero-order valence-corrected chi connectivity index (χ0v) is 14.2. The first-order chi connectivity index (χ1) is 12.4. The molecular formula is C17H16N6OS. The van der Waals surface area contributed by atoms with E-state index in [2.05, 4.69) is 30.6 Å². The molecule has 3 aromatic heterocycles. The Balaban J connectivity index is 1.57. The Bertz CT molecular complexity index is 880. The molecule has 0 aromatic carbocycles. The van der Waals surface area contributed by atoms with E-state index in [9.17, 15) is 0 Å². The highest BCUT2D eigenvalue weighted by molar-refractivity contribution is 7.14. The number of rotatable bonds is 4. The van der Waals surface area contributed by atoms with Gasteiger partial charge in [0.05, 0.1) is 17.5 Å². The standard InChI is InChI=1S/C17H16N6OS/c1-4-12(10-18-6-1)24-15-13(5-2-7-19-15)14-11-25-17(22-14)23-16-20-8-3-9-21-16/h1-2,4-7,10-11H,3,8-9H2,(H2,20,21,22,23). The third-order valence-electron chi connectivity index (χ3n) is 3.52. The highest BCUT2D eigenvalue weighted by Crippen LogP contribution is 2.32. The Morgan fingerprint density at radius 1 is 1.20 bits per heavy atom. The van der Waals surface area contributed by atoms with Gasteiger partial charge in [-0.2, -0.15) is 0 Å². The molecule has 2 N–H and O–H groups in total. The van der Waals surface area contributed by atoms with Crippen LogP contribution in [-0.4, -0.2) is 34.0 Å². The summed E-state index contributed by atoms with van der Waals surface area (Å²) in [7, 11) is 0. The fourth-order valence-electron chi connectivity index (χ4n) is 2.36. The van der Waals surface area contributed by atoms with Gasteiger partial charge in [0, 0.05) is 30.9 Å². The maximum atomic E-state index is 5.86. The van der Waals surface area contributed by atoms with Gasteiger partial charge in [0.1, 0.15) is 5.75 Å². The fraction of sp³-hybridized carbons (Fsp3) is 0.176. The van der Waals surface area contributed by atoms with Gasteiger partial charge < -0.3 is 15.4 Å². The van der Waals surface area contributed by atoms with Gasteiger partial charge in [0.2, 0.25) is 5.88 Å². The van der Waals surface area contributed by atoms with Crippen LogP contribution in [0.2, 0.25) is 0 Å². The van der Waals surface area contributed by atoms with Crippen LogP contribution in [-0.2, 0) is 0 Å². The number of pyridine rings is 2. The van der Waals surface area contributed by atoms with Gasteiger partial charge in [-0.1, -0.05) is 0 Å². The summed E-state index contributed by atoms with van der Waals surface area (Å²) >= 11 is 1.51. The van der Waals surface area contributed by atoms with Gasteiger partial charge >= 0.3 is 0 Å². The monoisotopic (exact) mass is 352 g/mol. The number of hydrogen-bond acceptors (Lipinski definition) is 8. The van der Waals surface area contributed by atoms with E-state index in [-0.39, 0.29) is 0 Å². The van der Waals surface area contributed by atoms with Crippen molar-refractivity contribution in [1.82, 2.24) is 20.3 Å². The minimum absolute atomic E-state index is 0.500. The third-order valence-corrected chi connectivity index (χ3v) is 4.28. The third kappa shape index (κ3) is 3.74. The van der Waals surface area contributed by atoms with Crippen LogP contribution in [0.3, 0.4) is 0 Å². The number of anilines is 1. The number of aromatic nitrogens is 3. The highest BCUT2D eigenvalue weighted by Gasteiger charge is 2.13. The number of guanidine groups is 1. The Morgan fingerprint density at radius 3 is 3.00 bits per heavy atom. The van der Waals surface area contributed by atoms with Crippen molar-refractivity contribution in [2.45, 2.75) is 6.42 Å². The van der Waals surface area contributed by atoms with Crippen molar-refractivity contribution in [3.8, 4) is 22.9 Å². The van der Waals surface area contributed by atoms with Crippen LogP contribution in [0.5, 0.6) is 11.6 Å². The smallest absolute Gasteiger partial charge is 0.228 e. The largest absolute Gasteiger partial charge is 0.437 e. The second-order valence-electron chi connectivity index (χ2n) is 5.32. The number of ether oxygens (including phenoxy) is 1. The average molecular weight is 352 g/mol. The summed E-state index contributed by atoms with van der Waals surface area (Å²) in [4.78, 5) is 17.4. The number of nitrogens with one attached hydrogen (secondary N) is 2. The molecule has 3 aromatic rings. The van der Waals surface area contributed by atoms with Crippen molar-refractivity contribution < 1.29 is 4.74 Å². The van der Waals surface area contributed by atoms with E-state index in [0.29, 0.717) is 11.6 Å². The molecule has 0 fully saturated rings. The second kappa shape index (κ2) is 7.27. The van der Waals surface area contributed by atoms with E-state index in [1.54, 1.807) is 18.6 Å². The molecule has 0 radical (unpaired) electrons. The summed E-state index contributed by atoms with van der Waals surface area (Å²) in [5, 5.41) is 9.19. The average Bonchev–Trinajstić information content (AvgIpc) is 3.12. The van der Waals surface area contributed by atoms with Crippen LogP contribution in [0.25, 0.3) is 11.3 Å². The lowest BCUT2D eigenvalue weighted by molar-refractivity contribution is 0.462. The van der Waals surface area contributed by atoms with Gasteiger partial charge in [-0.3, -0.25) is 9.98 Å². The van der Waals surface area contributed by atoms with Crippen LogP contribution >= 0.6 is 11.3 Å². The Morgan fingerprint density at radius 2 is 2.16 bits per heavy atom. The van der Waals surface area contributed by atoms with E-state index >= 15 is 0 Å². The number of nitrogens with zero attached hydrogens (tertiary/aromatic N) is 4. The molecule has 7 nitrogen and oxygen atoms in total. The summed E-state index contributed by atoms with van der Waals surface area (Å²) in [6.45, 7) is 1.76. The molecule has 25 heavy (non-hydrogen) atoms. The minimum atomic E-state index is 0.500. The highest BCUT2D eigenvalue weighted by atomic mass is 32.1. The van der Waals surface area contributed by atoms with Gasteiger partial charge in [-0.15, -0.1) is 11.3 Å². The molecule has 0 spiro atoms. The predicted molar refractivity (Wildman–Crippen MR) is 98.2 cm³/mol. The maximum Gasteiger partial charge on any atom is 0.228 e. The summed E-state index contributed by atoms with van der Waals surface area (Å²) < 4.78 is 5.86. The number of hydrogen-bond donors (Lipinski definition) is 2. The Hall–Kier alpha value is -3.00. The molecule has 4 rings (SSSR count). The van der Waals surface area contributed by atoms with Crippen molar-refractivity contribution in [3.05, 3.63) is 48.2 Å². The van der Waals surface area contributed by atoms with Gasteiger partial charge in [0.15, 0.2) is 11.1 Å². The quantitative estimate of drug-likeness (QED) is 0.750. The first kappa shape index (κ1) is 15.5. The molecule has 1 aliphatic heterocycles. The number of aliphatic imine (C=N–C) groups is 1. The SMILES string of the molecule is c1cncc(Oc2ncccc2-c2csc(NC3=NCCCN3)n2)c1. The maximum absolute atomic E-state index is 5.86. The summed E-state index contributed by atoms with van der Waals surface area (Å²) in [6.07, 6.45) is 6.10. The van der Waals surface area contributed by atoms with Crippen LogP contribution < -0.4 is 15.4 Å². The van der Waals surface area contributed by atoms with Gasteiger partial charge in [0.25, 0.3) is 0 Å². The van der Waals surface area contributed by atoms with E-state index in [1.807, 2.05) is 29.6 Å². The summed E-state index contributed by atoms with van der Waals surface area (Å²) in [5.74, 6) is 1.91. The van der Waals surface area contributed by atoms with E-state index in [4.69, 9.17) is 4.74 Å². The van der Waals surface area contributed by atoms with Crippen molar-refractivity contribution in [2.24, 2.45) is 4.99 Å². The predicted octanol–water partition coefficient (Wildman–Crippen LogP) is 3.15.